The van der Waals surface area contributed by atoms with Gasteiger partial charge in [-0.25, -0.2) is 9.37 Å². The Morgan fingerprint density at radius 1 is 1.09 bits per heavy atom. The largest absolute Gasteiger partial charge is 0.503 e. The monoisotopic (exact) mass is 484 g/mol. The molecule has 4 aromatic rings. The van der Waals surface area contributed by atoms with Crippen LogP contribution in [-0.4, -0.2) is 21.8 Å². The van der Waals surface area contributed by atoms with E-state index < -0.39 is 29.3 Å². The molecule has 5 nitrogen and oxygen atoms in total. The van der Waals surface area contributed by atoms with Crippen LogP contribution >= 0.6 is 11.3 Å². The van der Waals surface area contributed by atoms with Crippen molar-refractivity contribution in [1.82, 2.24) is 4.98 Å². The summed E-state index contributed by atoms with van der Waals surface area (Å²) in [6, 6.07) is 17.9. The highest BCUT2D eigenvalue weighted by Gasteiger charge is 2.46. The molecule has 7 heteroatoms. The zero-order valence-corrected chi connectivity index (χ0v) is 19.8. The molecule has 1 atom stereocenters. The molecule has 0 aliphatic carbocycles. The van der Waals surface area contributed by atoms with Crippen molar-refractivity contribution in [1.29, 1.82) is 0 Å². The van der Waals surface area contributed by atoms with Gasteiger partial charge in [-0.2, -0.15) is 0 Å². The minimum atomic E-state index is -1.15. The number of carbonyl (C=O) groups is 2. The van der Waals surface area contributed by atoms with Crippen LogP contribution in [0.3, 0.4) is 0 Å². The zero-order chi connectivity index (χ0) is 24.7. The first-order chi connectivity index (χ1) is 16.8. The van der Waals surface area contributed by atoms with Gasteiger partial charge in [0.25, 0.3) is 5.91 Å². The van der Waals surface area contributed by atoms with Gasteiger partial charge in [0, 0.05) is 5.56 Å². The smallest absolute Gasteiger partial charge is 0.296 e. The molecule has 0 fully saturated rings. The molecule has 0 bridgehead atoms. The van der Waals surface area contributed by atoms with Crippen LogP contribution in [0.25, 0.3) is 16.3 Å². The minimum Gasteiger partial charge on any atom is -0.503 e. The number of aryl methyl sites for hydroxylation is 2. The SMILES string of the molecule is Cc1cc(C)c2nc(N3C(=O)C(O)=C(C(=O)C=Cc4ccccc4)C3c3ccccc3F)sc2c1. The third-order valence-electron chi connectivity index (χ3n) is 5.92. The molecule has 1 aliphatic rings. The summed E-state index contributed by atoms with van der Waals surface area (Å²) in [5.74, 6) is -2.66. The van der Waals surface area contributed by atoms with Crippen LogP contribution in [0.4, 0.5) is 9.52 Å². The van der Waals surface area contributed by atoms with Gasteiger partial charge < -0.3 is 5.11 Å². The van der Waals surface area contributed by atoms with Gasteiger partial charge in [-0.3, -0.25) is 14.5 Å². The van der Waals surface area contributed by atoms with Crippen LogP contribution in [0.5, 0.6) is 0 Å². The van der Waals surface area contributed by atoms with E-state index in [-0.39, 0.29) is 16.3 Å². The number of rotatable bonds is 5. The van der Waals surface area contributed by atoms with E-state index in [1.54, 1.807) is 12.1 Å². The van der Waals surface area contributed by atoms with E-state index >= 15 is 4.39 Å². The predicted octanol–water partition coefficient (Wildman–Crippen LogP) is 6.23. The fourth-order valence-electron chi connectivity index (χ4n) is 4.33. The molecule has 0 radical (unpaired) electrons. The lowest BCUT2D eigenvalue weighted by molar-refractivity contribution is -0.117. The fourth-order valence-corrected chi connectivity index (χ4v) is 5.50. The van der Waals surface area contributed by atoms with Gasteiger partial charge in [0.2, 0.25) is 0 Å². The second-order valence-corrected chi connectivity index (χ2v) is 9.40. The number of carbonyl (C=O) groups excluding carboxylic acids is 2. The number of aliphatic hydroxyl groups excluding tert-OH is 1. The molecule has 1 N–H and O–H groups in total. The van der Waals surface area contributed by atoms with Crippen molar-refractivity contribution in [2.75, 3.05) is 4.90 Å². The van der Waals surface area contributed by atoms with Crippen LogP contribution in [0.2, 0.25) is 0 Å². The number of aliphatic hydroxyl groups is 1. The molecule has 3 aromatic carbocycles. The number of nitrogens with zero attached hydrogens (tertiary/aromatic N) is 2. The van der Waals surface area contributed by atoms with Crippen molar-refractivity contribution < 1.29 is 19.1 Å². The Balaban J connectivity index is 1.64. The van der Waals surface area contributed by atoms with Gasteiger partial charge in [0.05, 0.1) is 15.8 Å². The topological polar surface area (TPSA) is 70.5 Å². The molecular formula is C28H21FN2O3S. The van der Waals surface area contributed by atoms with Crippen LogP contribution < -0.4 is 4.90 Å². The average molecular weight is 485 g/mol. The van der Waals surface area contributed by atoms with Gasteiger partial charge >= 0.3 is 0 Å². The fraction of sp³-hybridized carbons (Fsp3) is 0.107. The number of anilines is 1. The number of aromatic nitrogens is 1. The van der Waals surface area contributed by atoms with Crippen LogP contribution in [0.15, 0.2) is 84.1 Å². The average Bonchev–Trinajstić information content (AvgIpc) is 3.37. The first kappa shape index (κ1) is 22.7. The number of halogens is 1. The number of benzene rings is 3. The molecule has 174 valence electrons. The third-order valence-corrected chi connectivity index (χ3v) is 6.93. The molecule has 0 spiro atoms. The van der Waals surface area contributed by atoms with E-state index in [1.165, 1.54) is 40.5 Å². The van der Waals surface area contributed by atoms with Crippen molar-refractivity contribution in [2.45, 2.75) is 19.9 Å². The van der Waals surface area contributed by atoms with Gasteiger partial charge in [0.1, 0.15) is 11.9 Å². The second-order valence-electron chi connectivity index (χ2n) is 8.39. The number of amides is 1. The number of hydrogen-bond acceptors (Lipinski definition) is 5. The number of hydrogen-bond donors (Lipinski definition) is 1. The highest BCUT2D eigenvalue weighted by atomic mass is 32.1. The number of thiazole rings is 1. The summed E-state index contributed by atoms with van der Waals surface area (Å²) in [7, 11) is 0. The predicted molar refractivity (Wildman–Crippen MR) is 136 cm³/mol. The zero-order valence-electron chi connectivity index (χ0n) is 19.0. The molecule has 1 aromatic heterocycles. The summed E-state index contributed by atoms with van der Waals surface area (Å²) in [5.41, 5.74) is 3.41. The van der Waals surface area contributed by atoms with Gasteiger partial charge in [-0.05, 0) is 48.7 Å². The van der Waals surface area contributed by atoms with E-state index in [1.807, 2.05) is 56.3 Å². The minimum absolute atomic E-state index is 0.105. The van der Waals surface area contributed by atoms with Crippen LogP contribution in [0.1, 0.15) is 28.3 Å². The lowest BCUT2D eigenvalue weighted by atomic mass is 9.95. The summed E-state index contributed by atoms with van der Waals surface area (Å²) in [6.45, 7) is 3.90. The highest BCUT2D eigenvalue weighted by Crippen LogP contribution is 2.44. The maximum atomic E-state index is 15.0. The molecular weight excluding hydrogens is 463 g/mol. The standard InChI is InChI=1S/C28H21FN2O3S/c1-16-14-17(2)24-22(15-16)35-28(30-24)31-25(19-10-6-7-11-20(19)29)23(26(33)27(31)34)21(32)13-12-18-8-4-3-5-9-18/h3-15,25,33H,1-2H3. The van der Waals surface area contributed by atoms with Crippen molar-refractivity contribution in [2.24, 2.45) is 0 Å². The lowest BCUT2D eigenvalue weighted by Gasteiger charge is -2.24. The Labute approximate surface area is 205 Å². The van der Waals surface area contributed by atoms with Crippen molar-refractivity contribution >= 4 is 44.5 Å². The molecule has 1 unspecified atom stereocenters. The first-order valence-electron chi connectivity index (χ1n) is 11.0. The van der Waals surface area contributed by atoms with Crippen LogP contribution in [-0.2, 0) is 9.59 Å². The highest BCUT2D eigenvalue weighted by molar-refractivity contribution is 7.22. The van der Waals surface area contributed by atoms with Crippen molar-refractivity contribution in [3.8, 4) is 0 Å². The molecule has 1 aliphatic heterocycles. The van der Waals surface area contributed by atoms with E-state index in [0.717, 1.165) is 26.9 Å². The quantitative estimate of drug-likeness (QED) is 0.341. The van der Waals surface area contributed by atoms with Gasteiger partial charge in [0.15, 0.2) is 16.7 Å². The maximum absolute atomic E-state index is 15.0. The van der Waals surface area contributed by atoms with Crippen molar-refractivity contribution in [3.63, 3.8) is 0 Å². The first-order valence-corrected chi connectivity index (χ1v) is 11.8. The van der Waals surface area contributed by atoms with E-state index in [4.69, 9.17) is 0 Å². The number of ketones is 1. The Morgan fingerprint density at radius 2 is 1.80 bits per heavy atom. The van der Waals surface area contributed by atoms with Gasteiger partial charge in [-0.15, -0.1) is 0 Å². The summed E-state index contributed by atoms with van der Waals surface area (Å²) in [5, 5.41) is 11.1. The summed E-state index contributed by atoms with van der Waals surface area (Å²) in [4.78, 5) is 32.5. The molecule has 0 saturated carbocycles. The Bertz CT molecular complexity index is 1540. The number of fused-ring (bicyclic) bond motifs is 1. The second kappa shape index (κ2) is 8.92. The molecule has 35 heavy (non-hydrogen) atoms. The third kappa shape index (κ3) is 4.04. The Hall–Kier alpha value is -4.10. The summed E-state index contributed by atoms with van der Waals surface area (Å²) in [6.07, 6.45) is 2.88. The Kier molecular flexibility index (Phi) is 5.78. The van der Waals surface area contributed by atoms with E-state index in [2.05, 4.69) is 4.98 Å². The molecule has 5 rings (SSSR count). The normalized spacial score (nSPS) is 16.1. The van der Waals surface area contributed by atoms with E-state index in [9.17, 15) is 14.7 Å². The number of allylic oxidation sites excluding steroid dienone is 1. The van der Waals surface area contributed by atoms with Crippen molar-refractivity contribution in [3.05, 3.63) is 112 Å². The molecule has 0 saturated heterocycles. The molecule has 2 heterocycles. The lowest BCUT2D eigenvalue weighted by Crippen LogP contribution is -2.31. The summed E-state index contributed by atoms with van der Waals surface area (Å²) < 4.78 is 15.9. The van der Waals surface area contributed by atoms with Gasteiger partial charge in [-0.1, -0.05) is 72.0 Å². The molecule has 1 amide bonds. The summed E-state index contributed by atoms with van der Waals surface area (Å²) >= 11 is 1.26. The Morgan fingerprint density at radius 3 is 2.54 bits per heavy atom. The van der Waals surface area contributed by atoms with Crippen LogP contribution in [0, 0.1) is 19.7 Å². The maximum Gasteiger partial charge on any atom is 0.296 e. The van der Waals surface area contributed by atoms with E-state index in [0.29, 0.717) is 0 Å².